The molecule has 6 heteroatoms. The third-order valence-electron chi connectivity index (χ3n) is 8.95. The molecule has 2 aromatic heterocycles. The van der Waals surface area contributed by atoms with Crippen molar-refractivity contribution in [2.75, 3.05) is 10.6 Å². The van der Waals surface area contributed by atoms with Gasteiger partial charge in [0.2, 0.25) is 11.8 Å². The lowest BCUT2D eigenvalue weighted by molar-refractivity contribution is -0.697. The van der Waals surface area contributed by atoms with Crippen molar-refractivity contribution in [1.29, 1.82) is 0 Å². The number of unbranched alkanes of at least 4 members (excludes halogenated alkanes) is 19. The van der Waals surface area contributed by atoms with Crippen molar-refractivity contribution < 1.29 is 18.7 Å². The third kappa shape index (κ3) is 21.1. The van der Waals surface area contributed by atoms with Crippen LogP contribution in [0.4, 0.5) is 11.4 Å². The number of aromatic nitrogens is 2. The molecule has 2 heterocycles. The molecule has 0 unspecified atom stereocenters. The molecule has 46 heavy (non-hydrogen) atoms. The first-order valence-corrected chi connectivity index (χ1v) is 19.2. The molecule has 0 radical (unpaired) electrons. The molecule has 0 bridgehead atoms. The Labute approximate surface area is 282 Å². The number of pyridine rings is 2. The average Bonchev–Trinajstić information content (AvgIpc) is 3.06. The lowest BCUT2D eigenvalue weighted by Gasteiger charge is -2.06. The van der Waals surface area contributed by atoms with E-state index in [1.165, 1.54) is 128 Å². The second-order valence-electron chi connectivity index (χ2n) is 13.3. The van der Waals surface area contributed by atoms with E-state index < -0.39 is 0 Å². The van der Waals surface area contributed by atoms with Gasteiger partial charge in [0.05, 0.1) is 11.4 Å². The molecular formula is C40H68N4O2+2. The molecular weight excluding hydrogens is 568 g/mol. The van der Waals surface area contributed by atoms with Gasteiger partial charge in [-0.25, -0.2) is 9.13 Å². The van der Waals surface area contributed by atoms with Gasteiger partial charge >= 0.3 is 0 Å². The molecule has 0 aliphatic carbocycles. The van der Waals surface area contributed by atoms with Gasteiger partial charge in [-0.15, -0.1) is 0 Å². The summed E-state index contributed by atoms with van der Waals surface area (Å²) in [5.74, 6) is 0.00532. The molecule has 0 atom stereocenters. The first kappa shape index (κ1) is 39.4. The van der Waals surface area contributed by atoms with Crippen LogP contribution in [-0.2, 0) is 22.7 Å². The Morgan fingerprint density at radius 3 is 1.02 bits per heavy atom. The van der Waals surface area contributed by atoms with Crippen molar-refractivity contribution in [2.24, 2.45) is 0 Å². The van der Waals surface area contributed by atoms with Crippen LogP contribution in [0.25, 0.3) is 0 Å². The zero-order valence-electron chi connectivity index (χ0n) is 29.7. The summed E-state index contributed by atoms with van der Waals surface area (Å²) >= 11 is 0. The van der Waals surface area contributed by atoms with Crippen LogP contribution in [0.3, 0.4) is 0 Å². The molecule has 0 aliphatic heterocycles. The summed E-state index contributed by atoms with van der Waals surface area (Å²) in [6, 6.07) is 7.90. The summed E-state index contributed by atoms with van der Waals surface area (Å²) < 4.78 is 4.40. The van der Waals surface area contributed by atoms with E-state index in [1.54, 1.807) is 0 Å². The van der Waals surface area contributed by atoms with Crippen molar-refractivity contribution in [3.8, 4) is 0 Å². The van der Waals surface area contributed by atoms with Gasteiger partial charge in [-0.3, -0.25) is 9.59 Å². The van der Waals surface area contributed by atoms with Gasteiger partial charge in [0, 0.05) is 49.9 Å². The van der Waals surface area contributed by atoms with Crippen LogP contribution in [0.1, 0.15) is 168 Å². The summed E-state index contributed by atoms with van der Waals surface area (Å²) in [6.07, 6.45) is 37.3. The topological polar surface area (TPSA) is 66.0 Å². The van der Waals surface area contributed by atoms with E-state index in [-0.39, 0.29) is 11.8 Å². The molecule has 2 amide bonds. The summed E-state index contributed by atoms with van der Waals surface area (Å²) in [6.45, 7) is 6.59. The molecule has 2 aromatic rings. The molecule has 0 spiro atoms. The Bertz CT molecular complexity index is 939. The van der Waals surface area contributed by atoms with E-state index in [0.717, 1.165) is 24.5 Å². The van der Waals surface area contributed by atoms with E-state index in [2.05, 4.69) is 58.4 Å². The Morgan fingerprint density at radius 1 is 0.435 bits per heavy atom. The Kier molecular flexibility index (Phi) is 23.4. The van der Waals surface area contributed by atoms with Gasteiger partial charge < -0.3 is 10.6 Å². The normalized spacial score (nSPS) is 11.1. The molecule has 6 nitrogen and oxygen atoms in total. The van der Waals surface area contributed by atoms with Crippen LogP contribution >= 0.6 is 0 Å². The zero-order valence-corrected chi connectivity index (χ0v) is 29.7. The zero-order chi connectivity index (χ0) is 32.9. The number of carbonyl (C=O) groups excluding carboxylic acids is 2. The van der Waals surface area contributed by atoms with Gasteiger partial charge in [0.25, 0.3) is 0 Å². The summed E-state index contributed by atoms with van der Waals surface area (Å²) in [7, 11) is 0. The summed E-state index contributed by atoms with van der Waals surface area (Å²) in [5, 5.41) is 5.98. The highest BCUT2D eigenvalue weighted by atomic mass is 16.2. The molecule has 0 fully saturated rings. The van der Waals surface area contributed by atoms with Crippen molar-refractivity contribution in [1.82, 2.24) is 0 Å². The second-order valence-corrected chi connectivity index (χ2v) is 13.3. The van der Waals surface area contributed by atoms with Crippen LogP contribution in [0, 0.1) is 0 Å². The minimum Gasteiger partial charge on any atom is -0.326 e. The van der Waals surface area contributed by atoms with Crippen LogP contribution in [0.15, 0.2) is 49.1 Å². The van der Waals surface area contributed by atoms with Gasteiger partial charge in [-0.05, 0) is 25.7 Å². The van der Waals surface area contributed by atoms with Gasteiger partial charge in [0.15, 0.2) is 24.8 Å². The molecule has 0 aromatic carbocycles. The number of amides is 2. The van der Waals surface area contributed by atoms with Crippen LogP contribution in [0.2, 0.25) is 0 Å². The fourth-order valence-electron chi connectivity index (χ4n) is 5.96. The average molecular weight is 637 g/mol. The van der Waals surface area contributed by atoms with Crippen LogP contribution < -0.4 is 19.8 Å². The number of rotatable bonds is 29. The highest BCUT2D eigenvalue weighted by Gasteiger charge is 2.08. The third-order valence-corrected chi connectivity index (χ3v) is 8.95. The number of nitrogens with one attached hydrogen (secondary N) is 2. The monoisotopic (exact) mass is 637 g/mol. The SMILES string of the molecule is CCCCCCCCCCCC[n+]1ccc(NC(=O)CCCCC(=O)Nc2cc[n+](CCCCCCCCCCCC)cc2)cc1. The van der Waals surface area contributed by atoms with Gasteiger partial charge in [-0.2, -0.15) is 0 Å². The first-order valence-electron chi connectivity index (χ1n) is 19.2. The Hall–Kier alpha value is -2.76. The standard InChI is InChI=1S/C40H66N4O2/c1-3-5-7-9-11-13-15-17-19-23-31-43-33-27-37(28-34-43)41-39(45)25-21-22-26-40(46)42-38-29-35-44(36-30-38)32-24-20-18-16-14-12-10-8-6-4-2/h27-30,33-36H,3-26,31-32H2,1-2H3/p+2. The number of hydrogen-bond acceptors (Lipinski definition) is 2. The van der Waals surface area contributed by atoms with Gasteiger partial charge in [-0.1, -0.05) is 117 Å². The number of aryl methyl sites for hydroxylation is 2. The maximum atomic E-state index is 12.4. The summed E-state index contributed by atoms with van der Waals surface area (Å²) in [5.41, 5.74) is 1.66. The molecule has 258 valence electrons. The van der Waals surface area contributed by atoms with E-state index >= 15 is 0 Å². The predicted molar refractivity (Wildman–Crippen MR) is 193 cm³/mol. The molecule has 2 N–H and O–H groups in total. The van der Waals surface area contributed by atoms with E-state index in [0.29, 0.717) is 25.7 Å². The number of hydrogen-bond donors (Lipinski definition) is 2. The quantitative estimate of drug-likeness (QED) is 0.0689. The van der Waals surface area contributed by atoms with E-state index in [9.17, 15) is 9.59 Å². The lowest BCUT2D eigenvalue weighted by Crippen LogP contribution is -2.32. The molecule has 0 aliphatic rings. The molecule has 0 saturated carbocycles. The Morgan fingerprint density at radius 2 is 0.717 bits per heavy atom. The first-order chi connectivity index (χ1) is 22.6. The number of anilines is 2. The highest BCUT2D eigenvalue weighted by molar-refractivity contribution is 5.91. The van der Waals surface area contributed by atoms with Crippen LogP contribution in [0.5, 0.6) is 0 Å². The molecule has 2 rings (SSSR count). The summed E-state index contributed by atoms with van der Waals surface area (Å²) in [4.78, 5) is 24.8. The van der Waals surface area contributed by atoms with Crippen molar-refractivity contribution in [3.63, 3.8) is 0 Å². The number of nitrogens with zero attached hydrogens (tertiary/aromatic N) is 2. The number of carbonyl (C=O) groups is 2. The van der Waals surface area contributed by atoms with E-state index in [4.69, 9.17) is 0 Å². The maximum Gasteiger partial charge on any atom is 0.224 e. The highest BCUT2D eigenvalue weighted by Crippen LogP contribution is 2.13. The largest absolute Gasteiger partial charge is 0.326 e. The van der Waals surface area contributed by atoms with Crippen molar-refractivity contribution >= 4 is 23.2 Å². The predicted octanol–water partition coefficient (Wildman–Crippen LogP) is 10.2. The van der Waals surface area contributed by atoms with Gasteiger partial charge in [0.1, 0.15) is 13.1 Å². The minimum absolute atomic E-state index is 0.00266. The smallest absolute Gasteiger partial charge is 0.224 e. The fraction of sp³-hybridized carbons (Fsp3) is 0.700. The van der Waals surface area contributed by atoms with Crippen molar-refractivity contribution in [3.05, 3.63) is 49.1 Å². The second kappa shape index (κ2) is 27.4. The Balaban J connectivity index is 1.47. The minimum atomic E-state index is 0.00266. The van der Waals surface area contributed by atoms with Crippen molar-refractivity contribution in [2.45, 2.75) is 181 Å². The maximum absolute atomic E-state index is 12.4. The fourth-order valence-corrected chi connectivity index (χ4v) is 5.96. The molecule has 0 saturated heterocycles. The van der Waals surface area contributed by atoms with E-state index in [1.807, 2.05) is 24.3 Å². The van der Waals surface area contributed by atoms with Crippen LogP contribution in [-0.4, -0.2) is 11.8 Å². The lowest BCUT2D eigenvalue weighted by atomic mass is 10.1.